The molecule has 0 amide bonds. The number of rotatable bonds is 3. The lowest BCUT2D eigenvalue weighted by atomic mass is 9.96. The van der Waals surface area contributed by atoms with Crippen LogP contribution in [0.25, 0.3) is 0 Å². The van der Waals surface area contributed by atoms with Crippen LogP contribution in [-0.2, 0) is 0 Å². The highest BCUT2D eigenvalue weighted by Gasteiger charge is 2.12. The Bertz CT molecular complexity index is 120. The first kappa shape index (κ1) is 11.3. The average molecular weight is 202 g/mol. The third-order valence-electron chi connectivity index (χ3n) is 2.92. The number of hydrogen-bond acceptors (Lipinski definition) is 3. The fourth-order valence-electron chi connectivity index (χ4n) is 2.06. The molecule has 0 saturated carbocycles. The SMILES string of the molecule is NCC1CCCN(CCS)CCC1. The summed E-state index contributed by atoms with van der Waals surface area (Å²) < 4.78 is 0. The van der Waals surface area contributed by atoms with Crippen LogP contribution in [0.1, 0.15) is 25.7 Å². The lowest BCUT2D eigenvalue weighted by Crippen LogP contribution is -2.31. The predicted molar refractivity (Wildman–Crippen MR) is 61.3 cm³/mol. The van der Waals surface area contributed by atoms with E-state index in [9.17, 15) is 0 Å². The molecule has 1 heterocycles. The molecule has 1 rings (SSSR count). The summed E-state index contributed by atoms with van der Waals surface area (Å²) in [6, 6.07) is 0. The fraction of sp³-hybridized carbons (Fsp3) is 1.00. The Hall–Kier alpha value is 0.270. The van der Waals surface area contributed by atoms with Gasteiger partial charge in [0.2, 0.25) is 0 Å². The minimum absolute atomic E-state index is 0.790. The Morgan fingerprint density at radius 1 is 1.23 bits per heavy atom. The fourth-order valence-corrected chi connectivity index (χ4v) is 2.35. The van der Waals surface area contributed by atoms with Crippen molar-refractivity contribution in [2.45, 2.75) is 25.7 Å². The largest absolute Gasteiger partial charge is 0.330 e. The van der Waals surface area contributed by atoms with Crippen LogP contribution in [0.2, 0.25) is 0 Å². The maximum absolute atomic E-state index is 5.69. The van der Waals surface area contributed by atoms with E-state index in [1.165, 1.54) is 38.8 Å². The first-order chi connectivity index (χ1) is 6.36. The van der Waals surface area contributed by atoms with E-state index in [0.717, 1.165) is 24.8 Å². The zero-order valence-corrected chi connectivity index (χ0v) is 9.31. The Morgan fingerprint density at radius 2 is 1.85 bits per heavy atom. The van der Waals surface area contributed by atoms with Gasteiger partial charge in [-0.3, -0.25) is 0 Å². The smallest absolute Gasteiger partial charge is 0.00698 e. The number of likely N-dealkylation sites (tertiary alicyclic amines) is 1. The molecule has 13 heavy (non-hydrogen) atoms. The second kappa shape index (κ2) is 6.68. The minimum atomic E-state index is 0.790. The molecule has 1 fully saturated rings. The average Bonchev–Trinajstić information content (AvgIpc) is 2.09. The molecule has 0 spiro atoms. The van der Waals surface area contributed by atoms with Crippen LogP contribution < -0.4 is 5.73 Å². The normalized spacial score (nSPS) is 22.6. The van der Waals surface area contributed by atoms with Gasteiger partial charge >= 0.3 is 0 Å². The van der Waals surface area contributed by atoms with E-state index >= 15 is 0 Å². The lowest BCUT2D eigenvalue weighted by molar-refractivity contribution is 0.237. The number of nitrogens with two attached hydrogens (primary N) is 1. The number of hydrogen-bond donors (Lipinski definition) is 2. The van der Waals surface area contributed by atoms with Gasteiger partial charge in [-0.2, -0.15) is 12.6 Å². The van der Waals surface area contributed by atoms with Gasteiger partial charge in [0, 0.05) is 12.3 Å². The van der Waals surface area contributed by atoms with Crippen LogP contribution in [0.15, 0.2) is 0 Å². The first-order valence-electron chi connectivity index (χ1n) is 5.40. The summed E-state index contributed by atoms with van der Waals surface area (Å²) in [4.78, 5) is 2.53. The van der Waals surface area contributed by atoms with Gasteiger partial charge in [0.05, 0.1) is 0 Å². The highest BCUT2D eigenvalue weighted by atomic mass is 32.1. The molecule has 0 bridgehead atoms. The number of thiol groups is 1. The maximum atomic E-state index is 5.69. The number of nitrogens with zero attached hydrogens (tertiary/aromatic N) is 1. The van der Waals surface area contributed by atoms with Crippen molar-refractivity contribution in [2.75, 3.05) is 31.9 Å². The van der Waals surface area contributed by atoms with Crippen molar-refractivity contribution in [3.05, 3.63) is 0 Å². The Balaban J connectivity index is 2.22. The van der Waals surface area contributed by atoms with Crippen LogP contribution in [0.5, 0.6) is 0 Å². The van der Waals surface area contributed by atoms with Crippen molar-refractivity contribution in [2.24, 2.45) is 11.7 Å². The van der Waals surface area contributed by atoms with Crippen molar-refractivity contribution in [3.8, 4) is 0 Å². The van der Waals surface area contributed by atoms with Crippen molar-refractivity contribution in [3.63, 3.8) is 0 Å². The van der Waals surface area contributed by atoms with Crippen LogP contribution in [0, 0.1) is 5.92 Å². The van der Waals surface area contributed by atoms with Crippen molar-refractivity contribution < 1.29 is 0 Å². The maximum Gasteiger partial charge on any atom is 0.00698 e. The molecule has 3 heteroatoms. The third-order valence-corrected chi connectivity index (χ3v) is 3.12. The van der Waals surface area contributed by atoms with E-state index < -0.39 is 0 Å². The molecule has 0 aromatic carbocycles. The Kier molecular flexibility index (Phi) is 5.83. The van der Waals surface area contributed by atoms with Gasteiger partial charge < -0.3 is 10.6 Å². The van der Waals surface area contributed by atoms with E-state index in [2.05, 4.69) is 17.5 Å². The molecule has 1 saturated heterocycles. The third kappa shape index (κ3) is 4.34. The molecule has 0 aromatic heterocycles. The molecule has 2 N–H and O–H groups in total. The van der Waals surface area contributed by atoms with Crippen LogP contribution >= 0.6 is 12.6 Å². The van der Waals surface area contributed by atoms with Crippen LogP contribution in [0.3, 0.4) is 0 Å². The molecular formula is C10H22N2S. The first-order valence-corrected chi connectivity index (χ1v) is 6.03. The second-order valence-electron chi connectivity index (χ2n) is 3.95. The highest BCUT2D eigenvalue weighted by Crippen LogP contribution is 2.16. The van der Waals surface area contributed by atoms with E-state index in [0.29, 0.717) is 0 Å². The molecule has 0 aromatic rings. The Morgan fingerprint density at radius 3 is 2.31 bits per heavy atom. The van der Waals surface area contributed by atoms with Gasteiger partial charge in [-0.15, -0.1) is 0 Å². The highest BCUT2D eigenvalue weighted by molar-refractivity contribution is 7.80. The molecule has 0 aliphatic carbocycles. The molecule has 2 nitrogen and oxygen atoms in total. The lowest BCUT2D eigenvalue weighted by Gasteiger charge is -2.26. The summed E-state index contributed by atoms with van der Waals surface area (Å²) in [5.74, 6) is 1.78. The van der Waals surface area contributed by atoms with E-state index in [-0.39, 0.29) is 0 Å². The molecular weight excluding hydrogens is 180 g/mol. The molecule has 1 aliphatic rings. The van der Waals surface area contributed by atoms with Gasteiger partial charge in [-0.1, -0.05) is 0 Å². The van der Waals surface area contributed by atoms with Gasteiger partial charge in [-0.05, 0) is 51.2 Å². The second-order valence-corrected chi connectivity index (χ2v) is 4.40. The van der Waals surface area contributed by atoms with Crippen LogP contribution in [-0.4, -0.2) is 36.8 Å². The standard InChI is InChI=1S/C10H22N2S/c11-9-10-3-1-5-12(7-8-13)6-2-4-10/h10,13H,1-9,11H2. The molecule has 0 atom stereocenters. The Labute approximate surface area is 87.3 Å². The summed E-state index contributed by atoms with van der Waals surface area (Å²) in [7, 11) is 0. The quantitative estimate of drug-likeness (QED) is 0.677. The molecule has 78 valence electrons. The van der Waals surface area contributed by atoms with Crippen LogP contribution in [0.4, 0.5) is 0 Å². The molecule has 0 radical (unpaired) electrons. The van der Waals surface area contributed by atoms with Crippen molar-refractivity contribution in [1.29, 1.82) is 0 Å². The van der Waals surface area contributed by atoms with E-state index in [1.807, 2.05) is 0 Å². The van der Waals surface area contributed by atoms with E-state index in [1.54, 1.807) is 0 Å². The topological polar surface area (TPSA) is 29.3 Å². The van der Waals surface area contributed by atoms with Gasteiger partial charge in [-0.25, -0.2) is 0 Å². The monoisotopic (exact) mass is 202 g/mol. The summed E-state index contributed by atoms with van der Waals surface area (Å²) in [5, 5.41) is 0. The van der Waals surface area contributed by atoms with E-state index in [4.69, 9.17) is 5.73 Å². The predicted octanol–water partition coefficient (Wildman–Crippen LogP) is 1.37. The summed E-state index contributed by atoms with van der Waals surface area (Å²) in [6.45, 7) is 4.52. The zero-order chi connectivity index (χ0) is 9.52. The van der Waals surface area contributed by atoms with Gasteiger partial charge in [0.15, 0.2) is 0 Å². The van der Waals surface area contributed by atoms with Crippen molar-refractivity contribution in [1.82, 2.24) is 4.90 Å². The van der Waals surface area contributed by atoms with Gasteiger partial charge in [0.25, 0.3) is 0 Å². The summed E-state index contributed by atoms with van der Waals surface area (Å²) in [6.07, 6.45) is 5.27. The summed E-state index contributed by atoms with van der Waals surface area (Å²) in [5.41, 5.74) is 5.69. The summed E-state index contributed by atoms with van der Waals surface area (Å²) >= 11 is 4.27. The van der Waals surface area contributed by atoms with Gasteiger partial charge in [0.1, 0.15) is 0 Å². The molecule has 0 unspecified atom stereocenters. The molecule has 1 aliphatic heterocycles. The van der Waals surface area contributed by atoms with Crippen molar-refractivity contribution >= 4 is 12.6 Å². The minimum Gasteiger partial charge on any atom is -0.330 e. The zero-order valence-electron chi connectivity index (χ0n) is 8.41.